The minimum Gasteiger partial charge on any atom is -0.317 e. The molecular weight excluding hydrogens is 364 g/mol. The lowest BCUT2D eigenvalue weighted by Gasteiger charge is -2.34. The predicted molar refractivity (Wildman–Crippen MR) is 108 cm³/mol. The Morgan fingerprint density at radius 2 is 1.81 bits per heavy atom. The number of sulfonamides is 1. The molecule has 3 rings (SSSR count). The van der Waals surface area contributed by atoms with Gasteiger partial charge in [-0.1, -0.05) is 29.8 Å². The second-order valence-corrected chi connectivity index (χ2v) is 9.47. The zero-order valence-corrected chi connectivity index (χ0v) is 16.9. The monoisotopic (exact) mass is 390 g/mol. The summed E-state index contributed by atoms with van der Waals surface area (Å²) >= 11 is 1.67. The number of hydrogen-bond acceptors (Lipinski definition) is 4. The molecule has 0 aromatic heterocycles. The van der Waals surface area contributed by atoms with Crippen LogP contribution in [-0.2, 0) is 16.6 Å². The van der Waals surface area contributed by atoms with Crippen molar-refractivity contribution in [3.8, 4) is 0 Å². The van der Waals surface area contributed by atoms with Crippen LogP contribution in [0, 0.1) is 6.92 Å². The van der Waals surface area contributed by atoms with Crippen molar-refractivity contribution < 1.29 is 8.42 Å². The molecule has 2 aromatic carbocycles. The predicted octanol–water partition coefficient (Wildman–Crippen LogP) is 3.66. The van der Waals surface area contributed by atoms with E-state index in [1.165, 1.54) is 0 Å². The van der Waals surface area contributed by atoms with Gasteiger partial charge in [0.05, 0.1) is 4.90 Å². The van der Waals surface area contributed by atoms with Crippen molar-refractivity contribution in [2.75, 3.05) is 19.3 Å². The van der Waals surface area contributed by atoms with Gasteiger partial charge in [0.15, 0.2) is 0 Å². The van der Waals surface area contributed by atoms with Crippen LogP contribution in [0.25, 0.3) is 0 Å². The molecule has 0 radical (unpaired) electrons. The highest BCUT2D eigenvalue weighted by Gasteiger charge is 2.32. The van der Waals surface area contributed by atoms with Gasteiger partial charge in [-0.3, -0.25) is 0 Å². The Labute approximate surface area is 161 Å². The van der Waals surface area contributed by atoms with Crippen LogP contribution in [-0.4, -0.2) is 38.1 Å². The lowest BCUT2D eigenvalue weighted by Crippen LogP contribution is -2.45. The van der Waals surface area contributed by atoms with Gasteiger partial charge in [0.2, 0.25) is 10.0 Å². The Hall–Kier alpha value is -1.34. The Morgan fingerprint density at radius 1 is 1.12 bits per heavy atom. The third-order valence-electron chi connectivity index (χ3n) is 4.82. The van der Waals surface area contributed by atoms with Crippen molar-refractivity contribution in [2.45, 2.75) is 42.1 Å². The number of rotatable bonds is 6. The van der Waals surface area contributed by atoms with Crippen molar-refractivity contribution in [1.29, 1.82) is 0 Å². The van der Waals surface area contributed by atoms with Gasteiger partial charge in [0, 0.05) is 17.5 Å². The van der Waals surface area contributed by atoms with Crippen molar-refractivity contribution in [1.82, 2.24) is 9.62 Å². The van der Waals surface area contributed by atoms with Crippen LogP contribution in [0.4, 0.5) is 0 Å². The third-order valence-corrected chi connectivity index (χ3v) is 7.45. The van der Waals surface area contributed by atoms with Gasteiger partial charge >= 0.3 is 0 Å². The average molecular weight is 391 g/mol. The number of hydrogen-bond donors (Lipinski definition) is 1. The summed E-state index contributed by atoms with van der Waals surface area (Å²) in [5.74, 6) is 0. The molecule has 1 heterocycles. The molecule has 0 aliphatic carbocycles. The number of nitrogens with one attached hydrogen (secondary N) is 1. The quantitative estimate of drug-likeness (QED) is 0.765. The molecule has 0 saturated carbocycles. The molecule has 0 spiro atoms. The molecule has 1 saturated heterocycles. The van der Waals surface area contributed by atoms with Crippen LogP contribution in [0.2, 0.25) is 0 Å². The Balaban J connectivity index is 1.95. The average Bonchev–Trinajstić information content (AvgIpc) is 2.67. The third kappa shape index (κ3) is 4.49. The van der Waals surface area contributed by atoms with Crippen molar-refractivity contribution in [3.63, 3.8) is 0 Å². The fourth-order valence-electron chi connectivity index (χ4n) is 3.30. The molecule has 0 atom stereocenters. The smallest absolute Gasteiger partial charge is 0.243 e. The summed E-state index contributed by atoms with van der Waals surface area (Å²) in [5, 5.41) is 3.33. The molecule has 0 amide bonds. The van der Waals surface area contributed by atoms with Crippen LogP contribution in [0.15, 0.2) is 58.3 Å². The number of benzene rings is 2. The summed E-state index contributed by atoms with van der Waals surface area (Å²) in [5.41, 5.74) is 2.09. The fraction of sp³-hybridized carbons (Fsp3) is 0.400. The van der Waals surface area contributed by atoms with Gasteiger partial charge in [0.1, 0.15) is 0 Å². The highest BCUT2D eigenvalue weighted by atomic mass is 32.2. The van der Waals surface area contributed by atoms with Crippen molar-refractivity contribution >= 4 is 21.8 Å². The number of thioether (sulfide) groups is 1. The van der Waals surface area contributed by atoms with E-state index in [0.717, 1.165) is 42.0 Å². The van der Waals surface area contributed by atoms with E-state index in [-0.39, 0.29) is 6.04 Å². The molecule has 1 N–H and O–H groups in total. The second-order valence-electron chi connectivity index (χ2n) is 6.70. The van der Waals surface area contributed by atoms with Crippen LogP contribution in [0.5, 0.6) is 0 Å². The fourth-order valence-corrected chi connectivity index (χ4v) is 5.46. The SMILES string of the molecule is CSc1cccc(CN(C2CCNCC2)S(=O)(=O)c2ccc(C)cc2)c1. The normalized spacial score (nSPS) is 16.1. The zero-order valence-electron chi connectivity index (χ0n) is 15.3. The van der Waals surface area contributed by atoms with Gasteiger partial charge in [-0.15, -0.1) is 11.8 Å². The minimum atomic E-state index is -3.54. The minimum absolute atomic E-state index is 0.0282. The summed E-state index contributed by atoms with van der Waals surface area (Å²) in [6.07, 6.45) is 3.72. The molecule has 2 aromatic rings. The molecule has 1 fully saturated rings. The highest BCUT2D eigenvalue weighted by molar-refractivity contribution is 7.98. The molecule has 4 nitrogen and oxygen atoms in total. The van der Waals surface area contributed by atoms with E-state index >= 15 is 0 Å². The van der Waals surface area contributed by atoms with Gasteiger partial charge in [0.25, 0.3) is 0 Å². The first-order chi connectivity index (χ1) is 12.5. The molecular formula is C20H26N2O2S2. The van der Waals surface area contributed by atoms with E-state index in [4.69, 9.17) is 0 Å². The van der Waals surface area contributed by atoms with Gasteiger partial charge in [-0.2, -0.15) is 4.31 Å². The van der Waals surface area contributed by atoms with Crippen molar-refractivity contribution in [2.24, 2.45) is 0 Å². The second kappa shape index (κ2) is 8.57. The maximum Gasteiger partial charge on any atom is 0.243 e. The van der Waals surface area contributed by atoms with Gasteiger partial charge in [-0.25, -0.2) is 8.42 Å². The first-order valence-electron chi connectivity index (χ1n) is 8.93. The topological polar surface area (TPSA) is 49.4 Å². The van der Waals surface area contributed by atoms with Crippen molar-refractivity contribution in [3.05, 3.63) is 59.7 Å². The maximum atomic E-state index is 13.4. The first-order valence-corrected chi connectivity index (χ1v) is 11.6. The van der Waals surface area contributed by atoms with E-state index in [1.807, 2.05) is 37.4 Å². The van der Waals surface area contributed by atoms with E-state index < -0.39 is 10.0 Å². The molecule has 6 heteroatoms. The lowest BCUT2D eigenvalue weighted by molar-refractivity contribution is 0.256. The Morgan fingerprint density at radius 3 is 2.46 bits per heavy atom. The number of aryl methyl sites for hydroxylation is 1. The summed E-state index contributed by atoms with van der Waals surface area (Å²) in [4.78, 5) is 1.53. The van der Waals surface area contributed by atoms with Crippen LogP contribution < -0.4 is 5.32 Å². The Kier molecular flexibility index (Phi) is 6.40. The Bertz CT molecular complexity index is 829. The van der Waals surface area contributed by atoms with E-state index in [0.29, 0.717) is 11.4 Å². The first kappa shape index (κ1) is 19.4. The summed E-state index contributed by atoms with van der Waals surface area (Å²) in [6.45, 7) is 4.09. The van der Waals surface area contributed by atoms with Gasteiger partial charge in [-0.05, 0) is 68.9 Å². The molecule has 1 aliphatic heterocycles. The maximum absolute atomic E-state index is 13.4. The van der Waals surface area contributed by atoms with E-state index in [9.17, 15) is 8.42 Å². The molecule has 1 aliphatic rings. The summed E-state index contributed by atoms with van der Waals surface area (Å²) in [7, 11) is -3.54. The highest BCUT2D eigenvalue weighted by Crippen LogP contribution is 2.26. The van der Waals surface area contributed by atoms with Crippen LogP contribution in [0.3, 0.4) is 0 Å². The zero-order chi connectivity index (χ0) is 18.6. The van der Waals surface area contributed by atoms with E-state index in [2.05, 4.69) is 17.4 Å². The molecule has 140 valence electrons. The summed E-state index contributed by atoms with van der Waals surface area (Å²) < 4.78 is 28.5. The molecule has 26 heavy (non-hydrogen) atoms. The van der Waals surface area contributed by atoms with E-state index in [1.54, 1.807) is 28.2 Å². The molecule has 0 bridgehead atoms. The van der Waals surface area contributed by atoms with Crippen LogP contribution in [0.1, 0.15) is 24.0 Å². The number of piperidine rings is 1. The van der Waals surface area contributed by atoms with Gasteiger partial charge < -0.3 is 5.32 Å². The largest absolute Gasteiger partial charge is 0.317 e. The number of nitrogens with zero attached hydrogens (tertiary/aromatic N) is 1. The molecule has 0 unspecified atom stereocenters. The van der Waals surface area contributed by atoms with Crippen LogP contribution >= 0.6 is 11.8 Å². The standard InChI is InChI=1S/C20H26N2O2S2/c1-16-6-8-20(9-7-16)26(23,24)22(18-10-12-21-13-11-18)15-17-4-3-5-19(14-17)25-2/h3-9,14,18,21H,10-13,15H2,1-2H3. The summed E-state index contributed by atoms with van der Waals surface area (Å²) in [6, 6.07) is 15.3. The lowest BCUT2D eigenvalue weighted by atomic mass is 10.1.